The van der Waals surface area contributed by atoms with E-state index in [0.717, 1.165) is 23.7 Å². The first-order valence-corrected chi connectivity index (χ1v) is 5.46. The Morgan fingerprint density at radius 1 is 1.58 bits per heavy atom. The Kier molecular flexibility index (Phi) is 4.48. The molecule has 0 atom stereocenters. The van der Waals surface area contributed by atoms with Crippen molar-refractivity contribution in [2.24, 2.45) is 0 Å². The molecule has 3 heteroatoms. The molecule has 0 bridgehead atoms. The first-order valence-electron chi connectivity index (χ1n) is 3.94. The van der Waals surface area contributed by atoms with Crippen LogP contribution in [0.15, 0.2) is 23.2 Å². The highest BCUT2D eigenvalue weighted by atomic mass is 35.5. The van der Waals surface area contributed by atoms with Crippen molar-refractivity contribution in [2.45, 2.75) is 18.2 Å². The lowest BCUT2D eigenvalue weighted by molar-refractivity contribution is 1.11. The highest BCUT2D eigenvalue weighted by molar-refractivity contribution is 7.99. The minimum absolute atomic E-state index is 0.747. The molecule has 0 aromatic carbocycles. The van der Waals surface area contributed by atoms with Gasteiger partial charge in [-0.2, -0.15) is 0 Å². The second kappa shape index (κ2) is 5.44. The zero-order chi connectivity index (χ0) is 8.81. The van der Waals surface area contributed by atoms with E-state index in [1.807, 2.05) is 30.9 Å². The number of hydrogen-bond donors (Lipinski definition) is 0. The second-order valence-corrected chi connectivity index (χ2v) is 4.07. The van der Waals surface area contributed by atoms with Crippen molar-refractivity contribution in [2.75, 3.05) is 11.6 Å². The molecule has 12 heavy (non-hydrogen) atoms. The van der Waals surface area contributed by atoms with Gasteiger partial charge in [0.25, 0.3) is 0 Å². The largest absolute Gasteiger partial charge is 0.262 e. The topological polar surface area (TPSA) is 12.9 Å². The summed E-state index contributed by atoms with van der Waals surface area (Å²) in [7, 11) is 0. The van der Waals surface area contributed by atoms with Gasteiger partial charge < -0.3 is 0 Å². The van der Waals surface area contributed by atoms with Crippen molar-refractivity contribution >= 4 is 23.4 Å². The van der Waals surface area contributed by atoms with Gasteiger partial charge in [-0.15, -0.1) is 23.4 Å². The van der Waals surface area contributed by atoms with E-state index >= 15 is 0 Å². The monoisotopic (exact) mass is 201 g/mol. The van der Waals surface area contributed by atoms with Gasteiger partial charge in [-0.3, -0.25) is 4.98 Å². The average molecular weight is 202 g/mol. The molecule has 0 amide bonds. The van der Waals surface area contributed by atoms with Crippen molar-refractivity contribution in [3.8, 4) is 0 Å². The molecule has 1 nitrogen and oxygen atoms in total. The Labute approximate surface area is 82.5 Å². The zero-order valence-corrected chi connectivity index (χ0v) is 8.66. The van der Waals surface area contributed by atoms with Gasteiger partial charge in [0, 0.05) is 22.7 Å². The van der Waals surface area contributed by atoms with Crippen LogP contribution in [0.25, 0.3) is 0 Å². The molecule has 0 spiro atoms. The van der Waals surface area contributed by atoms with Gasteiger partial charge in [0.15, 0.2) is 0 Å². The Bertz CT molecular complexity index is 240. The van der Waals surface area contributed by atoms with Crippen LogP contribution >= 0.6 is 23.4 Å². The lowest BCUT2D eigenvalue weighted by atomic mass is 10.4. The molecule has 0 unspecified atom stereocenters. The summed E-state index contributed by atoms with van der Waals surface area (Å²) in [5.41, 5.74) is 1.07. The first-order chi connectivity index (χ1) is 5.83. The Morgan fingerprint density at radius 3 is 3.08 bits per heavy atom. The molecular formula is C9H12ClNS. The van der Waals surface area contributed by atoms with E-state index < -0.39 is 0 Å². The molecule has 0 aliphatic carbocycles. The quantitative estimate of drug-likeness (QED) is 0.422. The number of pyridine rings is 1. The van der Waals surface area contributed by atoms with Gasteiger partial charge >= 0.3 is 0 Å². The van der Waals surface area contributed by atoms with E-state index in [1.54, 1.807) is 0 Å². The van der Waals surface area contributed by atoms with Crippen LogP contribution in [-0.4, -0.2) is 16.6 Å². The number of thioether (sulfide) groups is 1. The standard InChI is InChI=1S/C9H12ClNS/c1-8-7-9(3-5-11-8)12-6-2-4-10/h3,5,7H,2,4,6H2,1H3. The third kappa shape index (κ3) is 3.46. The van der Waals surface area contributed by atoms with Gasteiger partial charge in [-0.05, 0) is 31.2 Å². The predicted octanol–water partition coefficient (Wildman–Crippen LogP) is 3.11. The van der Waals surface area contributed by atoms with Gasteiger partial charge in [0.05, 0.1) is 0 Å². The average Bonchev–Trinajstić information content (AvgIpc) is 2.05. The summed E-state index contributed by atoms with van der Waals surface area (Å²) in [5.74, 6) is 1.84. The summed E-state index contributed by atoms with van der Waals surface area (Å²) < 4.78 is 0. The third-order valence-electron chi connectivity index (χ3n) is 1.41. The maximum atomic E-state index is 5.57. The minimum atomic E-state index is 0.747. The van der Waals surface area contributed by atoms with E-state index in [9.17, 15) is 0 Å². The van der Waals surface area contributed by atoms with Crippen LogP contribution in [0.1, 0.15) is 12.1 Å². The number of aromatic nitrogens is 1. The van der Waals surface area contributed by atoms with Gasteiger partial charge in [0.1, 0.15) is 0 Å². The van der Waals surface area contributed by atoms with Crippen LogP contribution in [-0.2, 0) is 0 Å². The van der Waals surface area contributed by atoms with Crippen LogP contribution < -0.4 is 0 Å². The number of nitrogens with zero attached hydrogens (tertiary/aromatic N) is 1. The van der Waals surface area contributed by atoms with Crippen molar-refractivity contribution in [3.63, 3.8) is 0 Å². The van der Waals surface area contributed by atoms with Gasteiger partial charge in [-0.1, -0.05) is 0 Å². The highest BCUT2D eigenvalue weighted by Crippen LogP contribution is 2.18. The number of hydrogen-bond acceptors (Lipinski definition) is 2. The number of halogens is 1. The molecule has 0 aliphatic rings. The smallest absolute Gasteiger partial charge is 0.0383 e. The molecule has 1 heterocycles. The Balaban J connectivity index is 2.41. The molecule has 66 valence electrons. The van der Waals surface area contributed by atoms with Crippen LogP contribution in [0.3, 0.4) is 0 Å². The Hall–Kier alpha value is -0.210. The summed E-state index contributed by atoms with van der Waals surface area (Å²) in [5, 5.41) is 0. The van der Waals surface area contributed by atoms with Crippen LogP contribution in [0, 0.1) is 6.92 Å². The van der Waals surface area contributed by atoms with Crippen LogP contribution in [0.2, 0.25) is 0 Å². The molecular weight excluding hydrogens is 190 g/mol. The highest BCUT2D eigenvalue weighted by Gasteiger charge is 1.93. The third-order valence-corrected chi connectivity index (χ3v) is 2.76. The van der Waals surface area contributed by atoms with E-state index in [2.05, 4.69) is 11.1 Å². The Morgan fingerprint density at radius 2 is 2.42 bits per heavy atom. The SMILES string of the molecule is Cc1cc(SCCCCl)ccn1. The molecule has 0 N–H and O–H groups in total. The van der Waals surface area contributed by atoms with Crippen molar-refractivity contribution in [3.05, 3.63) is 24.0 Å². The minimum Gasteiger partial charge on any atom is -0.262 e. The second-order valence-electron chi connectivity index (χ2n) is 2.52. The van der Waals surface area contributed by atoms with Crippen molar-refractivity contribution in [1.82, 2.24) is 4.98 Å². The number of rotatable bonds is 4. The molecule has 0 saturated carbocycles. The molecule has 1 aromatic heterocycles. The van der Waals surface area contributed by atoms with E-state index in [1.165, 1.54) is 4.90 Å². The fourth-order valence-electron chi connectivity index (χ4n) is 0.854. The lowest BCUT2D eigenvalue weighted by Crippen LogP contribution is -1.83. The predicted molar refractivity (Wildman–Crippen MR) is 55.0 cm³/mol. The van der Waals surface area contributed by atoms with Crippen molar-refractivity contribution in [1.29, 1.82) is 0 Å². The van der Waals surface area contributed by atoms with Crippen molar-refractivity contribution < 1.29 is 0 Å². The fourth-order valence-corrected chi connectivity index (χ4v) is 2.08. The molecule has 1 aromatic rings. The lowest BCUT2D eigenvalue weighted by Gasteiger charge is -1.99. The van der Waals surface area contributed by atoms with E-state index in [4.69, 9.17) is 11.6 Å². The number of alkyl halides is 1. The number of aryl methyl sites for hydroxylation is 1. The summed E-state index contributed by atoms with van der Waals surface area (Å²) in [6.45, 7) is 2.01. The summed E-state index contributed by atoms with van der Waals surface area (Å²) >= 11 is 7.41. The molecule has 0 aliphatic heterocycles. The van der Waals surface area contributed by atoms with Crippen LogP contribution in [0.5, 0.6) is 0 Å². The maximum absolute atomic E-state index is 5.57. The summed E-state index contributed by atoms with van der Waals surface area (Å²) in [6, 6.07) is 4.13. The first kappa shape index (κ1) is 9.87. The fraction of sp³-hybridized carbons (Fsp3) is 0.444. The molecule has 0 radical (unpaired) electrons. The normalized spacial score (nSPS) is 10.2. The summed E-state index contributed by atoms with van der Waals surface area (Å²) in [4.78, 5) is 5.41. The summed E-state index contributed by atoms with van der Waals surface area (Å²) in [6.07, 6.45) is 2.91. The van der Waals surface area contributed by atoms with Crippen LogP contribution in [0.4, 0.5) is 0 Å². The van der Waals surface area contributed by atoms with Gasteiger partial charge in [0.2, 0.25) is 0 Å². The molecule has 0 fully saturated rings. The molecule has 1 rings (SSSR count). The maximum Gasteiger partial charge on any atom is 0.0383 e. The van der Waals surface area contributed by atoms with E-state index in [0.29, 0.717) is 0 Å². The zero-order valence-electron chi connectivity index (χ0n) is 7.09. The van der Waals surface area contributed by atoms with E-state index in [-0.39, 0.29) is 0 Å². The molecule has 0 saturated heterocycles. The van der Waals surface area contributed by atoms with Gasteiger partial charge in [-0.25, -0.2) is 0 Å².